The third-order valence-electron chi connectivity index (χ3n) is 3.19. The lowest BCUT2D eigenvalue weighted by Gasteiger charge is -2.19. The molecule has 1 fully saturated rings. The predicted molar refractivity (Wildman–Crippen MR) is 82.1 cm³/mol. The highest BCUT2D eigenvalue weighted by Gasteiger charge is 2.27. The van der Waals surface area contributed by atoms with Gasteiger partial charge in [0, 0.05) is 24.0 Å². The summed E-state index contributed by atoms with van der Waals surface area (Å²) in [5, 5.41) is 5.19. The van der Waals surface area contributed by atoms with Gasteiger partial charge in [0.1, 0.15) is 0 Å². The highest BCUT2D eigenvalue weighted by Crippen LogP contribution is 2.27. The molecule has 0 radical (unpaired) electrons. The molecule has 0 aromatic carbocycles. The minimum absolute atomic E-state index is 0.127. The minimum Gasteiger partial charge on any atom is -0.309 e. The number of nitrogens with zero attached hydrogens (tertiary/aromatic N) is 1. The van der Waals surface area contributed by atoms with Gasteiger partial charge < -0.3 is 5.32 Å². The first-order chi connectivity index (χ1) is 9.59. The van der Waals surface area contributed by atoms with Crippen LogP contribution in [-0.2, 0) is 16.6 Å². The van der Waals surface area contributed by atoms with E-state index in [1.54, 1.807) is 6.07 Å². The Labute approximate surface area is 125 Å². The van der Waals surface area contributed by atoms with Gasteiger partial charge in [-0.2, -0.15) is 4.31 Å². The molecule has 1 N–H and O–H groups in total. The minimum atomic E-state index is -3.48. The molecule has 1 aliphatic rings. The molecule has 0 atom stereocenters. The van der Waals surface area contributed by atoms with E-state index in [2.05, 4.69) is 11.2 Å². The summed E-state index contributed by atoms with van der Waals surface area (Å²) in [5.41, 5.74) is 0. The Balaban J connectivity index is 2.18. The first-order valence-corrected chi connectivity index (χ1v) is 9.15. The molecular weight excluding hydrogens is 292 g/mol. The molecule has 110 valence electrons. The fourth-order valence-electron chi connectivity index (χ4n) is 1.99. The first kappa shape index (κ1) is 15.5. The maximum Gasteiger partial charge on any atom is 0.245 e. The Morgan fingerprint density at radius 1 is 1.55 bits per heavy atom. The summed E-state index contributed by atoms with van der Waals surface area (Å²) in [7, 11) is -3.48. The van der Waals surface area contributed by atoms with Gasteiger partial charge in [0.2, 0.25) is 10.0 Å². The molecular formula is C14H20N2O2S2. The number of rotatable bonds is 8. The number of terminal acetylenes is 1. The van der Waals surface area contributed by atoms with Crippen molar-refractivity contribution in [3.05, 3.63) is 16.3 Å². The fraction of sp³-hybridized carbons (Fsp3) is 0.571. The Morgan fingerprint density at radius 3 is 2.90 bits per heavy atom. The number of thiophene rings is 1. The van der Waals surface area contributed by atoms with E-state index in [0.717, 1.165) is 11.3 Å². The molecule has 1 aliphatic carbocycles. The Kier molecular flexibility index (Phi) is 5.22. The largest absolute Gasteiger partial charge is 0.309 e. The van der Waals surface area contributed by atoms with Crippen LogP contribution in [0.4, 0.5) is 0 Å². The van der Waals surface area contributed by atoms with Crippen LogP contribution in [0.2, 0.25) is 0 Å². The molecule has 0 saturated heterocycles. The van der Waals surface area contributed by atoms with Crippen molar-refractivity contribution in [2.24, 2.45) is 0 Å². The van der Waals surface area contributed by atoms with Crippen molar-refractivity contribution in [2.45, 2.75) is 43.7 Å². The summed E-state index contributed by atoms with van der Waals surface area (Å²) >= 11 is 1.48. The maximum absolute atomic E-state index is 12.7. The molecule has 20 heavy (non-hydrogen) atoms. The summed E-state index contributed by atoms with van der Waals surface area (Å²) in [5.74, 6) is 2.43. The van der Waals surface area contributed by atoms with E-state index in [4.69, 9.17) is 6.42 Å². The van der Waals surface area contributed by atoms with E-state index in [-0.39, 0.29) is 6.54 Å². The summed E-state index contributed by atoms with van der Waals surface area (Å²) < 4.78 is 26.7. The lowest BCUT2D eigenvalue weighted by molar-refractivity contribution is 0.445. The van der Waals surface area contributed by atoms with Gasteiger partial charge in [-0.3, -0.25) is 0 Å². The second-order valence-corrected chi connectivity index (χ2v) is 7.81. The number of hydrogen-bond acceptors (Lipinski definition) is 4. The van der Waals surface area contributed by atoms with Crippen LogP contribution in [0.3, 0.4) is 0 Å². The smallest absolute Gasteiger partial charge is 0.245 e. The zero-order chi connectivity index (χ0) is 14.6. The van der Waals surface area contributed by atoms with Gasteiger partial charge >= 0.3 is 0 Å². The Bertz CT molecular complexity index is 583. The highest BCUT2D eigenvalue weighted by atomic mass is 32.2. The third-order valence-corrected chi connectivity index (χ3v) is 6.17. The van der Waals surface area contributed by atoms with E-state index in [1.807, 2.05) is 12.3 Å². The van der Waals surface area contributed by atoms with E-state index in [1.165, 1.54) is 28.5 Å². The topological polar surface area (TPSA) is 49.4 Å². The van der Waals surface area contributed by atoms with Gasteiger partial charge in [0.15, 0.2) is 0 Å². The van der Waals surface area contributed by atoms with Gasteiger partial charge in [-0.25, -0.2) is 8.42 Å². The van der Waals surface area contributed by atoms with E-state index < -0.39 is 10.0 Å². The van der Waals surface area contributed by atoms with E-state index in [9.17, 15) is 8.42 Å². The van der Waals surface area contributed by atoms with Crippen molar-refractivity contribution in [2.75, 3.05) is 13.1 Å². The second-order valence-electron chi connectivity index (χ2n) is 4.91. The predicted octanol–water partition coefficient (Wildman–Crippen LogP) is 2.03. The van der Waals surface area contributed by atoms with Gasteiger partial charge in [-0.05, 0) is 30.7 Å². The number of nitrogens with one attached hydrogen (secondary N) is 1. The zero-order valence-electron chi connectivity index (χ0n) is 11.6. The molecule has 0 aliphatic heterocycles. The van der Waals surface area contributed by atoms with Crippen LogP contribution in [0.1, 0.15) is 31.1 Å². The molecule has 1 heterocycles. The number of hydrogen-bond donors (Lipinski definition) is 1. The van der Waals surface area contributed by atoms with Crippen molar-refractivity contribution in [3.8, 4) is 12.3 Å². The molecule has 2 rings (SSSR count). The first-order valence-electron chi connectivity index (χ1n) is 6.83. The van der Waals surface area contributed by atoms with Crippen molar-refractivity contribution >= 4 is 21.4 Å². The van der Waals surface area contributed by atoms with Crippen molar-refractivity contribution in [1.29, 1.82) is 0 Å². The molecule has 1 saturated carbocycles. The lowest BCUT2D eigenvalue weighted by Crippen LogP contribution is -2.32. The van der Waals surface area contributed by atoms with E-state index >= 15 is 0 Å². The lowest BCUT2D eigenvalue weighted by atomic mass is 10.4. The molecule has 0 spiro atoms. The summed E-state index contributed by atoms with van der Waals surface area (Å²) in [6, 6.07) is 2.24. The monoisotopic (exact) mass is 312 g/mol. The molecule has 0 unspecified atom stereocenters. The highest BCUT2D eigenvalue weighted by molar-refractivity contribution is 7.89. The van der Waals surface area contributed by atoms with Crippen LogP contribution in [0.5, 0.6) is 0 Å². The SMILES string of the molecule is C#CCN(CCC)S(=O)(=O)c1ccsc1CNC1CC1. The number of sulfonamides is 1. The molecule has 1 aromatic rings. The van der Waals surface area contributed by atoms with Crippen molar-refractivity contribution < 1.29 is 8.42 Å². The average Bonchev–Trinajstić information content (AvgIpc) is 3.12. The Hall–Kier alpha value is -0.870. The van der Waals surface area contributed by atoms with Crippen molar-refractivity contribution in [3.63, 3.8) is 0 Å². The van der Waals surface area contributed by atoms with Crippen LogP contribution in [-0.4, -0.2) is 31.9 Å². The van der Waals surface area contributed by atoms with Crippen LogP contribution in [0.25, 0.3) is 0 Å². The standard InChI is InChI=1S/C14H20N2O2S2/c1-3-8-16(9-4-2)20(17,18)14-7-10-19-13(14)11-15-12-5-6-12/h1,7,10,12,15H,4-6,8-9,11H2,2H3. The zero-order valence-corrected chi connectivity index (χ0v) is 13.3. The van der Waals surface area contributed by atoms with Gasteiger partial charge in [0.25, 0.3) is 0 Å². The summed E-state index contributed by atoms with van der Waals surface area (Å²) in [6.07, 6.45) is 8.41. The molecule has 1 aromatic heterocycles. The maximum atomic E-state index is 12.7. The van der Waals surface area contributed by atoms with Crippen LogP contribution < -0.4 is 5.32 Å². The normalized spacial score (nSPS) is 15.4. The van der Waals surface area contributed by atoms with Crippen LogP contribution >= 0.6 is 11.3 Å². The third kappa shape index (κ3) is 3.61. The van der Waals surface area contributed by atoms with E-state index in [0.29, 0.717) is 24.0 Å². The van der Waals surface area contributed by atoms with Crippen LogP contribution in [0.15, 0.2) is 16.3 Å². The second kappa shape index (κ2) is 6.72. The molecule has 4 nitrogen and oxygen atoms in total. The fourth-order valence-corrected chi connectivity index (χ4v) is 4.80. The van der Waals surface area contributed by atoms with Crippen molar-refractivity contribution in [1.82, 2.24) is 9.62 Å². The summed E-state index contributed by atoms with van der Waals surface area (Å²) in [4.78, 5) is 1.27. The Morgan fingerprint density at radius 2 is 2.30 bits per heavy atom. The van der Waals surface area contributed by atoms with Gasteiger partial charge in [-0.1, -0.05) is 12.8 Å². The van der Waals surface area contributed by atoms with Crippen LogP contribution in [0, 0.1) is 12.3 Å². The average molecular weight is 312 g/mol. The quantitative estimate of drug-likeness (QED) is 0.747. The molecule has 6 heteroatoms. The molecule has 0 amide bonds. The molecule has 0 bridgehead atoms. The van der Waals surface area contributed by atoms with Gasteiger partial charge in [0.05, 0.1) is 11.4 Å². The van der Waals surface area contributed by atoms with Gasteiger partial charge in [-0.15, -0.1) is 17.8 Å². The summed E-state index contributed by atoms with van der Waals surface area (Å²) in [6.45, 7) is 3.15.